The van der Waals surface area contributed by atoms with Crippen molar-refractivity contribution in [2.45, 2.75) is 71.5 Å². The van der Waals surface area contributed by atoms with E-state index in [4.69, 9.17) is 30.8 Å². The topological polar surface area (TPSA) is 225 Å². The molecule has 0 aromatic rings. The van der Waals surface area contributed by atoms with Crippen molar-refractivity contribution < 1.29 is 28.6 Å². The maximum absolute atomic E-state index is 12.4. The first-order valence-corrected chi connectivity index (χ1v) is 9.83. The molecule has 0 radical (unpaired) electrons. The second-order valence-electron chi connectivity index (χ2n) is 8.83. The van der Waals surface area contributed by atoms with E-state index in [2.05, 4.69) is 30.1 Å². The third-order valence-electron chi connectivity index (χ3n) is 4.66. The van der Waals surface area contributed by atoms with Gasteiger partial charge in [-0.15, -0.1) is 0 Å². The molecule has 15 heteroatoms. The SMILES string of the molecule is CCC(COC(=O)C(C)(C)N=[N+]=[N-])(COC(=O)C(C)(C)N=[N+]=[N-])COC(=O)C(C)(C)N=[N+]=[N-]. The number of hydrogen-bond donors (Lipinski definition) is 0. The van der Waals surface area contributed by atoms with Gasteiger partial charge in [0, 0.05) is 14.7 Å². The molecule has 0 aliphatic rings. The molecule has 0 saturated carbocycles. The fraction of sp³-hybridized carbons (Fsp3) is 0.833. The molecule has 0 unspecified atom stereocenters. The molecular weight excluding hydrogens is 438 g/mol. The van der Waals surface area contributed by atoms with E-state index in [1.54, 1.807) is 6.92 Å². The monoisotopic (exact) mass is 467 g/mol. The average molecular weight is 467 g/mol. The highest BCUT2D eigenvalue weighted by atomic mass is 16.6. The van der Waals surface area contributed by atoms with Gasteiger partial charge in [0.2, 0.25) is 0 Å². The smallest absolute Gasteiger partial charge is 0.317 e. The fourth-order valence-electron chi connectivity index (χ4n) is 2.07. The highest BCUT2D eigenvalue weighted by molar-refractivity contribution is 5.81. The molecular formula is C18H29N9O6. The maximum atomic E-state index is 12.4. The molecule has 0 amide bonds. The molecule has 0 aromatic heterocycles. The molecule has 0 heterocycles. The molecule has 0 aromatic carbocycles. The fourth-order valence-corrected chi connectivity index (χ4v) is 2.07. The van der Waals surface area contributed by atoms with Gasteiger partial charge in [0.15, 0.2) is 0 Å². The van der Waals surface area contributed by atoms with Gasteiger partial charge in [-0.25, -0.2) is 0 Å². The molecule has 0 aliphatic carbocycles. The van der Waals surface area contributed by atoms with Crippen LogP contribution < -0.4 is 0 Å². The Labute approximate surface area is 190 Å². The van der Waals surface area contributed by atoms with E-state index < -0.39 is 39.9 Å². The van der Waals surface area contributed by atoms with Gasteiger partial charge in [-0.1, -0.05) is 22.3 Å². The second kappa shape index (κ2) is 11.8. The summed E-state index contributed by atoms with van der Waals surface area (Å²) in [4.78, 5) is 44.9. The number of ether oxygens (including phenoxy) is 3. The van der Waals surface area contributed by atoms with Crippen LogP contribution in [0.25, 0.3) is 31.3 Å². The van der Waals surface area contributed by atoms with Crippen LogP contribution in [0.15, 0.2) is 15.3 Å². The van der Waals surface area contributed by atoms with E-state index in [0.29, 0.717) is 0 Å². The number of carbonyl (C=O) groups is 3. The van der Waals surface area contributed by atoms with Gasteiger partial charge in [0.05, 0.1) is 5.41 Å². The van der Waals surface area contributed by atoms with E-state index in [-0.39, 0.29) is 26.2 Å². The molecule has 0 aliphatic heterocycles. The number of rotatable bonds is 13. The molecule has 0 atom stereocenters. The van der Waals surface area contributed by atoms with Gasteiger partial charge in [-0.3, -0.25) is 14.4 Å². The minimum absolute atomic E-state index is 0.215. The Bertz CT molecular complexity index is 783. The van der Waals surface area contributed by atoms with Gasteiger partial charge in [0.1, 0.15) is 36.4 Å². The Kier molecular flexibility index (Phi) is 10.5. The lowest BCUT2D eigenvalue weighted by Crippen LogP contribution is -2.44. The lowest BCUT2D eigenvalue weighted by molar-refractivity contribution is -0.168. The van der Waals surface area contributed by atoms with Crippen molar-refractivity contribution in [3.8, 4) is 0 Å². The van der Waals surface area contributed by atoms with Crippen LogP contribution in [0, 0.1) is 5.41 Å². The summed E-state index contributed by atoms with van der Waals surface area (Å²) in [6.45, 7) is 8.72. The lowest BCUT2D eigenvalue weighted by atomic mass is 9.87. The number of azide groups is 3. The summed E-state index contributed by atoms with van der Waals surface area (Å²) < 4.78 is 15.9. The number of esters is 3. The van der Waals surface area contributed by atoms with Crippen molar-refractivity contribution in [2.24, 2.45) is 20.8 Å². The van der Waals surface area contributed by atoms with Crippen molar-refractivity contribution in [3.63, 3.8) is 0 Å². The minimum atomic E-state index is -1.51. The Hall–Kier alpha value is -3.66. The van der Waals surface area contributed by atoms with Crippen LogP contribution in [0.3, 0.4) is 0 Å². The zero-order valence-corrected chi connectivity index (χ0v) is 19.8. The first-order chi connectivity index (χ1) is 15.1. The first kappa shape index (κ1) is 29.3. The zero-order valence-electron chi connectivity index (χ0n) is 19.8. The van der Waals surface area contributed by atoms with Gasteiger partial charge >= 0.3 is 17.9 Å². The quantitative estimate of drug-likeness (QED) is 0.126. The van der Waals surface area contributed by atoms with E-state index in [1.807, 2.05) is 0 Å². The molecule has 0 fully saturated rings. The molecule has 0 spiro atoms. The molecule has 0 bridgehead atoms. The van der Waals surface area contributed by atoms with Crippen molar-refractivity contribution in [2.75, 3.05) is 19.8 Å². The predicted molar refractivity (Wildman–Crippen MR) is 115 cm³/mol. The molecule has 182 valence electrons. The number of carbonyl (C=O) groups excluding carboxylic acids is 3. The highest BCUT2D eigenvalue weighted by Gasteiger charge is 2.40. The van der Waals surface area contributed by atoms with Crippen molar-refractivity contribution in [1.29, 1.82) is 0 Å². The summed E-state index contributed by atoms with van der Waals surface area (Å²) in [5.41, 5.74) is 20.1. The van der Waals surface area contributed by atoms with Gasteiger partial charge in [-0.05, 0) is 64.6 Å². The summed E-state index contributed by atoms with van der Waals surface area (Å²) in [5.74, 6) is -2.54. The van der Waals surface area contributed by atoms with E-state index in [0.717, 1.165) is 0 Å². The summed E-state index contributed by atoms with van der Waals surface area (Å²) in [5, 5.41) is 10.1. The van der Waals surface area contributed by atoms with Crippen molar-refractivity contribution in [1.82, 2.24) is 0 Å². The standard InChI is InChI=1S/C18H29N9O6/c1-8-18(9-31-12(28)15(2,3)22-25-19,10-32-13(29)16(4,5)23-26-20)11-33-14(30)17(6,7)24-27-21/h8-11H2,1-7H3. The van der Waals surface area contributed by atoms with E-state index in [9.17, 15) is 14.4 Å². The van der Waals surface area contributed by atoms with Crippen LogP contribution in [-0.4, -0.2) is 54.3 Å². The van der Waals surface area contributed by atoms with Gasteiger partial charge < -0.3 is 14.2 Å². The number of nitrogens with zero attached hydrogens (tertiary/aromatic N) is 9. The van der Waals surface area contributed by atoms with Crippen LogP contribution >= 0.6 is 0 Å². The van der Waals surface area contributed by atoms with Crippen LogP contribution in [-0.2, 0) is 28.6 Å². The maximum Gasteiger partial charge on any atom is 0.317 e. The molecule has 0 rings (SSSR count). The Morgan fingerprint density at radius 2 is 0.879 bits per heavy atom. The Morgan fingerprint density at radius 3 is 1.06 bits per heavy atom. The third kappa shape index (κ3) is 8.77. The normalized spacial score (nSPS) is 13.2. The zero-order chi connectivity index (χ0) is 25.9. The third-order valence-corrected chi connectivity index (χ3v) is 4.66. The van der Waals surface area contributed by atoms with Crippen LogP contribution in [0.1, 0.15) is 54.9 Å². The van der Waals surface area contributed by atoms with Crippen LogP contribution in [0.2, 0.25) is 0 Å². The minimum Gasteiger partial charge on any atom is -0.464 e. The molecule has 0 N–H and O–H groups in total. The largest absolute Gasteiger partial charge is 0.464 e. The summed E-state index contributed by atoms with van der Waals surface area (Å²) in [6, 6.07) is 0. The van der Waals surface area contributed by atoms with Crippen molar-refractivity contribution >= 4 is 17.9 Å². The number of hydrogen-bond acceptors (Lipinski definition) is 9. The average Bonchev–Trinajstić information content (AvgIpc) is 2.72. The second-order valence-corrected chi connectivity index (χ2v) is 8.83. The molecule has 15 nitrogen and oxygen atoms in total. The Balaban J connectivity index is 5.78. The van der Waals surface area contributed by atoms with Gasteiger partial charge in [0.25, 0.3) is 0 Å². The summed E-state index contributed by atoms with van der Waals surface area (Å²) >= 11 is 0. The molecule has 33 heavy (non-hydrogen) atoms. The van der Waals surface area contributed by atoms with E-state index in [1.165, 1.54) is 41.5 Å². The Morgan fingerprint density at radius 1 is 0.636 bits per heavy atom. The van der Waals surface area contributed by atoms with Crippen molar-refractivity contribution in [3.05, 3.63) is 31.3 Å². The van der Waals surface area contributed by atoms with Crippen LogP contribution in [0.4, 0.5) is 0 Å². The first-order valence-electron chi connectivity index (χ1n) is 9.83. The highest BCUT2D eigenvalue weighted by Crippen LogP contribution is 2.28. The van der Waals surface area contributed by atoms with Crippen LogP contribution in [0.5, 0.6) is 0 Å². The molecule has 0 saturated heterocycles. The summed E-state index contributed by atoms with van der Waals surface area (Å²) in [7, 11) is 0. The van der Waals surface area contributed by atoms with E-state index >= 15 is 0 Å². The summed E-state index contributed by atoms with van der Waals surface area (Å²) in [6.07, 6.45) is 0.215. The lowest BCUT2D eigenvalue weighted by Gasteiger charge is -2.33. The predicted octanol–water partition coefficient (Wildman–Crippen LogP) is 4.28. The van der Waals surface area contributed by atoms with Gasteiger partial charge in [-0.2, -0.15) is 0 Å².